The lowest BCUT2D eigenvalue weighted by Crippen LogP contribution is -2.29. The largest absolute Gasteiger partial charge is 0.489 e. The fourth-order valence-electron chi connectivity index (χ4n) is 4.67. The first-order valence-corrected chi connectivity index (χ1v) is 11.8. The Morgan fingerprint density at radius 2 is 1.71 bits per heavy atom. The minimum Gasteiger partial charge on any atom is -0.489 e. The number of ketones is 1. The number of ether oxygens (including phenoxy) is 2. The highest BCUT2D eigenvalue weighted by Crippen LogP contribution is 2.48. The van der Waals surface area contributed by atoms with Gasteiger partial charge in [-0.2, -0.15) is 0 Å². The molecule has 1 aliphatic carbocycles. The van der Waals surface area contributed by atoms with Crippen molar-refractivity contribution in [1.29, 1.82) is 0 Å². The molecule has 35 heavy (non-hydrogen) atoms. The second kappa shape index (κ2) is 9.25. The number of allylic oxidation sites excluding steroid dienone is 2. The molecule has 1 unspecified atom stereocenters. The van der Waals surface area contributed by atoms with Crippen LogP contribution in [0, 0.1) is 0 Å². The van der Waals surface area contributed by atoms with Gasteiger partial charge in [0.15, 0.2) is 5.78 Å². The number of Topliss-reactive ketones (excluding diaryl/α,β-unsaturated/α-hetero) is 1. The average molecular weight is 506 g/mol. The van der Waals surface area contributed by atoms with Gasteiger partial charge in [-0.25, -0.2) is 4.79 Å². The minimum absolute atomic E-state index is 0.127. The van der Waals surface area contributed by atoms with Gasteiger partial charge in [0.25, 0.3) is 0 Å². The molecule has 0 fully saturated rings. The van der Waals surface area contributed by atoms with Crippen LogP contribution in [0.1, 0.15) is 39.9 Å². The first-order valence-electron chi connectivity index (χ1n) is 11.0. The molecule has 3 aromatic rings. The summed E-state index contributed by atoms with van der Waals surface area (Å²) < 4.78 is 11.3. The van der Waals surface area contributed by atoms with Crippen molar-refractivity contribution in [1.82, 2.24) is 5.32 Å². The number of hydrogen-bond donors (Lipinski definition) is 1. The van der Waals surface area contributed by atoms with E-state index in [0.717, 1.165) is 11.1 Å². The summed E-state index contributed by atoms with van der Waals surface area (Å²) in [7, 11) is 1.33. The number of fused-ring (bicyclic) bond motifs is 2. The Morgan fingerprint density at radius 3 is 2.46 bits per heavy atom. The molecule has 3 aromatic carbocycles. The number of carbonyl (C=O) groups excluding carboxylic acids is 2. The lowest BCUT2D eigenvalue weighted by Gasteiger charge is -2.30. The smallest absolute Gasteiger partial charge is 0.336 e. The number of methoxy groups -OCH3 is 1. The molecule has 5 nitrogen and oxygen atoms in total. The number of esters is 1. The predicted octanol–water partition coefficient (Wildman–Crippen LogP) is 6.31. The van der Waals surface area contributed by atoms with Crippen LogP contribution in [0.5, 0.6) is 5.75 Å². The molecule has 0 bridgehead atoms. The molecular formula is C28H21Cl2NO4. The van der Waals surface area contributed by atoms with Crippen LogP contribution in [-0.2, 0) is 16.1 Å². The molecule has 7 heteroatoms. The van der Waals surface area contributed by atoms with Crippen LogP contribution in [0.2, 0.25) is 10.0 Å². The number of para-hydroxylation sites is 1. The third-order valence-electron chi connectivity index (χ3n) is 6.28. The molecule has 0 radical (unpaired) electrons. The van der Waals surface area contributed by atoms with E-state index in [1.165, 1.54) is 7.11 Å². The van der Waals surface area contributed by atoms with Crippen molar-refractivity contribution in [2.45, 2.75) is 19.4 Å². The fraction of sp³-hybridized carbons (Fsp3) is 0.143. The Bertz CT molecular complexity index is 1440. The summed E-state index contributed by atoms with van der Waals surface area (Å²) in [5.41, 5.74) is 5.06. The molecule has 1 atom stereocenters. The summed E-state index contributed by atoms with van der Waals surface area (Å²) in [6, 6.07) is 20.0. The van der Waals surface area contributed by atoms with Gasteiger partial charge in [-0.1, -0.05) is 71.7 Å². The number of nitrogens with one attached hydrogen (secondary N) is 1. The molecule has 0 saturated heterocycles. The van der Waals surface area contributed by atoms with Gasteiger partial charge in [-0.3, -0.25) is 4.79 Å². The molecule has 2 aliphatic rings. The Hall–Kier alpha value is -3.54. The van der Waals surface area contributed by atoms with E-state index in [4.69, 9.17) is 32.7 Å². The van der Waals surface area contributed by atoms with Gasteiger partial charge < -0.3 is 14.8 Å². The van der Waals surface area contributed by atoms with Gasteiger partial charge in [-0.15, -0.1) is 0 Å². The fourth-order valence-corrected chi connectivity index (χ4v) is 5.13. The van der Waals surface area contributed by atoms with Gasteiger partial charge in [-0.05, 0) is 25.1 Å². The zero-order valence-electron chi connectivity index (χ0n) is 19.0. The van der Waals surface area contributed by atoms with E-state index >= 15 is 0 Å². The van der Waals surface area contributed by atoms with Crippen LogP contribution in [0.25, 0.3) is 5.70 Å². The highest BCUT2D eigenvalue weighted by molar-refractivity contribution is 6.35. The quantitative estimate of drug-likeness (QED) is 0.411. The van der Waals surface area contributed by atoms with Crippen molar-refractivity contribution >= 4 is 40.7 Å². The first kappa shape index (κ1) is 23.2. The van der Waals surface area contributed by atoms with E-state index in [1.54, 1.807) is 24.3 Å². The highest BCUT2D eigenvalue weighted by Gasteiger charge is 2.43. The standard InChI is InChI=1S/C28H21Cl2NO4/c1-15-23(28(33)34-2)24(25-26(31-15)18-7-3-4-8-19(18)27(25)32)20-9-5-6-10-22(20)35-14-16-11-12-17(29)13-21(16)30/h3-13,24,31H,14H2,1-2H3. The van der Waals surface area contributed by atoms with Gasteiger partial charge in [0, 0.05) is 43.6 Å². The van der Waals surface area contributed by atoms with Crippen molar-refractivity contribution < 1.29 is 19.1 Å². The Balaban J connectivity index is 1.62. The summed E-state index contributed by atoms with van der Waals surface area (Å²) in [4.78, 5) is 26.6. The van der Waals surface area contributed by atoms with Crippen LogP contribution in [-0.4, -0.2) is 18.9 Å². The van der Waals surface area contributed by atoms with Crippen LogP contribution in [0.4, 0.5) is 0 Å². The molecule has 5 rings (SSSR count). The lowest BCUT2D eigenvalue weighted by atomic mass is 9.79. The summed E-state index contributed by atoms with van der Waals surface area (Å²) in [6.45, 7) is 2.00. The van der Waals surface area contributed by atoms with E-state index in [2.05, 4.69) is 5.32 Å². The van der Waals surface area contributed by atoms with Crippen LogP contribution >= 0.6 is 23.2 Å². The predicted molar refractivity (Wildman–Crippen MR) is 136 cm³/mol. The molecule has 176 valence electrons. The van der Waals surface area contributed by atoms with Gasteiger partial charge in [0.1, 0.15) is 12.4 Å². The number of benzene rings is 3. The van der Waals surface area contributed by atoms with Gasteiger partial charge in [0.2, 0.25) is 0 Å². The van der Waals surface area contributed by atoms with Crippen molar-refractivity contribution in [3.05, 3.63) is 116 Å². The molecule has 1 N–H and O–H groups in total. The second-order valence-corrected chi connectivity index (χ2v) is 9.16. The van der Waals surface area contributed by atoms with Crippen molar-refractivity contribution in [3.63, 3.8) is 0 Å². The van der Waals surface area contributed by atoms with E-state index in [-0.39, 0.29) is 12.4 Å². The van der Waals surface area contributed by atoms with Gasteiger partial charge in [0.05, 0.1) is 24.3 Å². The Labute approximate surface area is 213 Å². The first-order chi connectivity index (χ1) is 16.9. The zero-order valence-corrected chi connectivity index (χ0v) is 20.5. The lowest BCUT2D eigenvalue weighted by molar-refractivity contribution is -0.136. The number of rotatable bonds is 5. The maximum atomic E-state index is 13.6. The van der Waals surface area contributed by atoms with E-state index < -0.39 is 11.9 Å². The third-order valence-corrected chi connectivity index (χ3v) is 6.87. The van der Waals surface area contributed by atoms with Crippen molar-refractivity contribution in [2.24, 2.45) is 0 Å². The molecule has 0 aromatic heterocycles. The second-order valence-electron chi connectivity index (χ2n) is 8.31. The number of halogens is 2. The summed E-state index contributed by atoms with van der Waals surface area (Å²) in [6.07, 6.45) is 0. The van der Waals surface area contributed by atoms with E-state index in [0.29, 0.717) is 49.5 Å². The third kappa shape index (κ3) is 4.01. The Morgan fingerprint density at radius 1 is 1.00 bits per heavy atom. The normalized spacial score (nSPS) is 16.6. The van der Waals surface area contributed by atoms with E-state index in [9.17, 15) is 9.59 Å². The SMILES string of the molecule is COC(=O)C1=C(C)NC2=C(C(=O)c3ccccc32)C1c1ccccc1OCc1ccc(Cl)cc1Cl. The molecule has 0 spiro atoms. The number of hydrogen-bond acceptors (Lipinski definition) is 5. The van der Waals surface area contributed by atoms with Crippen molar-refractivity contribution in [2.75, 3.05) is 7.11 Å². The maximum Gasteiger partial charge on any atom is 0.336 e. The topological polar surface area (TPSA) is 64.6 Å². The molecular weight excluding hydrogens is 485 g/mol. The molecule has 1 heterocycles. The average Bonchev–Trinajstić information content (AvgIpc) is 3.14. The minimum atomic E-state index is -0.671. The Kier molecular flexibility index (Phi) is 6.13. The molecule has 0 amide bonds. The van der Waals surface area contributed by atoms with Gasteiger partial charge >= 0.3 is 5.97 Å². The molecule has 0 saturated carbocycles. The van der Waals surface area contributed by atoms with Crippen LogP contribution in [0.3, 0.4) is 0 Å². The van der Waals surface area contributed by atoms with E-state index in [1.807, 2.05) is 49.4 Å². The summed E-state index contributed by atoms with van der Waals surface area (Å²) in [5, 5.41) is 4.32. The highest BCUT2D eigenvalue weighted by atomic mass is 35.5. The summed E-state index contributed by atoms with van der Waals surface area (Å²) >= 11 is 12.4. The molecule has 1 aliphatic heterocycles. The zero-order chi connectivity index (χ0) is 24.7. The van der Waals surface area contributed by atoms with Crippen molar-refractivity contribution in [3.8, 4) is 5.75 Å². The monoisotopic (exact) mass is 505 g/mol. The van der Waals surface area contributed by atoms with Crippen LogP contribution < -0.4 is 10.1 Å². The number of dihydropyridines is 1. The summed E-state index contributed by atoms with van der Waals surface area (Å²) in [5.74, 6) is -0.769. The maximum absolute atomic E-state index is 13.6. The number of carbonyl (C=O) groups is 2. The van der Waals surface area contributed by atoms with Crippen LogP contribution in [0.15, 0.2) is 83.6 Å².